The minimum atomic E-state index is 0.174. The Kier molecular flexibility index (Phi) is 5.04. The predicted molar refractivity (Wildman–Crippen MR) is 72.7 cm³/mol. The normalized spacial score (nSPS) is 10.8. The van der Waals surface area contributed by atoms with E-state index in [4.69, 9.17) is 16.7 Å². The smallest absolute Gasteiger partial charge is 0.208 e. The fourth-order valence-corrected chi connectivity index (χ4v) is 2.31. The lowest BCUT2D eigenvalue weighted by atomic mass is 10.2. The predicted octanol–water partition coefficient (Wildman–Crippen LogP) is 2.61. The lowest BCUT2D eigenvalue weighted by Gasteiger charge is -1.99. The van der Waals surface area contributed by atoms with Crippen LogP contribution in [0.15, 0.2) is 35.7 Å². The molecule has 0 spiro atoms. The van der Waals surface area contributed by atoms with E-state index in [1.807, 2.05) is 24.3 Å². The molecule has 0 aliphatic rings. The summed E-state index contributed by atoms with van der Waals surface area (Å²) >= 11 is 7.41. The van der Waals surface area contributed by atoms with Crippen LogP contribution in [0.5, 0.6) is 0 Å². The summed E-state index contributed by atoms with van der Waals surface area (Å²) < 4.78 is 1.75. The molecule has 0 saturated carbocycles. The van der Waals surface area contributed by atoms with Crippen LogP contribution in [0.25, 0.3) is 0 Å². The van der Waals surface area contributed by atoms with Gasteiger partial charge in [-0.2, -0.15) is 0 Å². The highest BCUT2D eigenvalue weighted by atomic mass is 35.5. The van der Waals surface area contributed by atoms with Crippen molar-refractivity contribution in [1.82, 2.24) is 14.8 Å². The molecule has 0 bridgehead atoms. The van der Waals surface area contributed by atoms with Crippen molar-refractivity contribution < 1.29 is 5.11 Å². The molecular weight excluding hydrogens is 270 g/mol. The second kappa shape index (κ2) is 6.78. The molecule has 0 unspecified atom stereocenters. The number of aliphatic hydroxyl groups excluding tert-OH is 1. The Hall–Kier alpha value is -1.04. The highest BCUT2D eigenvalue weighted by Gasteiger charge is 2.02. The van der Waals surface area contributed by atoms with Gasteiger partial charge < -0.3 is 5.11 Å². The van der Waals surface area contributed by atoms with Crippen molar-refractivity contribution in [2.75, 3.05) is 6.61 Å². The van der Waals surface area contributed by atoms with E-state index >= 15 is 0 Å². The van der Waals surface area contributed by atoms with E-state index in [9.17, 15) is 0 Å². The summed E-state index contributed by atoms with van der Waals surface area (Å²) in [5, 5.41) is 14.5. The molecule has 0 fully saturated rings. The standard InChI is InChI=1S/C12H14ClN3OS/c13-11-4-2-10(3-5-11)8-18-12-14-9-16(15-12)6-1-7-17/h2-5,9,17H,1,6-8H2. The number of benzene rings is 1. The summed E-state index contributed by atoms with van der Waals surface area (Å²) in [6.07, 6.45) is 2.39. The van der Waals surface area contributed by atoms with Gasteiger partial charge in [0, 0.05) is 23.9 Å². The SMILES string of the molecule is OCCCn1cnc(SCc2ccc(Cl)cc2)n1. The molecule has 0 aliphatic carbocycles. The van der Waals surface area contributed by atoms with Gasteiger partial charge >= 0.3 is 0 Å². The molecular formula is C12H14ClN3OS. The Bertz CT molecular complexity index is 486. The van der Waals surface area contributed by atoms with Gasteiger partial charge in [0.25, 0.3) is 0 Å². The number of aryl methyl sites for hydroxylation is 1. The van der Waals surface area contributed by atoms with Crippen molar-refractivity contribution in [3.8, 4) is 0 Å². The van der Waals surface area contributed by atoms with Crippen LogP contribution in [-0.4, -0.2) is 26.5 Å². The molecule has 6 heteroatoms. The Balaban J connectivity index is 1.86. The summed E-state index contributed by atoms with van der Waals surface area (Å²) in [5.41, 5.74) is 1.19. The zero-order chi connectivity index (χ0) is 12.8. The van der Waals surface area contributed by atoms with Crippen molar-refractivity contribution in [2.24, 2.45) is 0 Å². The van der Waals surface area contributed by atoms with Crippen LogP contribution in [0.3, 0.4) is 0 Å². The third-order valence-electron chi connectivity index (χ3n) is 2.34. The van der Waals surface area contributed by atoms with Crippen molar-refractivity contribution in [3.63, 3.8) is 0 Å². The van der Waals surface area contributed by atoms with Crippen molar-refractivity contribution in [2.45, 2.75) is 23.9 Å². The fraction of sp³-hybridized carbons (Fsp3) is 0.333. The molecule has 0 amide bonds. The first kappa shape index (κ1) is 13.4. The molecule has 4 nitrogen and oxygen atoms in total. The second-order valence-electron chi connectivity index (χ2n) is 3.78. The van der Waals surface area contributed by atoms with Crippen molar-refractivity contribution >= 4 is 23.4 Å². The molecule has 2 aromatic rings. The van der Waals surface area contributed by atoms with E-state index in [-0.39, 0.29) is 6.61 Å². The molecule has 1 N–H and O–H groups in total. The first-order valence-electron chi connectivity index (χ1n) is 5.65. The van der Waals surface area contributed by atoms with E-state index in [0.29, 0.717) is 13.0 Å². The van der Waals surface area contributed by atoms with E-state index in [0.717, 1.165) is 15.9 Å². The zero-order valence-corrected chi connectivity index (χ0v) is 11.4. The van der Waals surface area contributed by atoms with Crippen LogP contribution in [0.4, 0.5) is 0 Å². The largest absolute Gasteiger partial charge is 0.396 e. The molecule has 0 saturated heterocycles. The summed E-state index contributed by atoms with van der Waals surface area (Å²) in [4.78, 5) is 4.21. The summed E-state index contributed by atoms with van der Waals surface area (Å²) in [6, 6.07) is 7.76. The number of hydrogen-bond donors (Lipinski definition) is 1. The maximum absolute atomic E-state index is 8.73. The first-order chi connectivity index (χ1) is 8.78. The zero-order valence-electron chi connectivity index (χ0n) is 9.79. The Morgan fingerprint density at radius 2 is 2.06 bits per heavy atom. The highest BCUT2D eigenvalue weighted by molar-refractivity contribution is 7.98. The number of rotatable bonds is 6. The minimum absolute atomic E-state index is 0.174. The molecule has 0 aliphatic heterocycles. The first-order valence-corrected chi connectivity index (χ1v) is 7.02. The summed E-state index contributed by atoms with van der Waals surface area (Å²) in [7, 11) is 0. The molecule has 0 atom stereocenters. The molecule has 1 heterocycles. The lowest BCUT2D eigenvalue weighted by Crippen LogP contribution is -2.00. The average molecular weight is 284 g/mol. The van der Waals surface area contributed by atoms with Crippen molar-refractivity contribution in [3.05, 3.63) is 41.2 Å². The van der Waals surface area contributed by atoms with Crippen LogP contribution in [0.1, 0.15) is 12.0 Å². The molecule has 96 valence electrons. The van der Waals surface area contributed by atoms with Gasteiger partial charge in [-0.3, -0.25) is 4.68 Å². The van der Waals surface area contributed by atoms with Gasteiger partial charge in [-0.1, -0.05) is 35.5 Å². The number of halogens is 1. The molecule has 0 radical (unpaired) electrons. The van der Waals surface area contributed by atoms with Crippen molar-refractivity contribution in [1.29, 1.82) is 0 Å². The number of nitrogens with zero attached hydrogens (tertiary/aromatic N) is 3. The fourth-order valence-electron chi connectivity index (χ4n) is 1.41. The monoisotopic (exact) mass is 283 g/mol. The molecule has 18 heavy (non-hydrogen) atoms. The van der Waals surface area contributed by atoms with Crippen LogP contribution in [-0.2, 0) is 12.3 Å². The maximum atomic E-state index is 8.73. The average Bonchev–Trinajstić information content (AvgIpc) is 2.84. The van der Waals surface area contributed by atoms with Crippen LogP contribution < -0.4 is 0 Å². The number of aromatic nitrogens is 3. The van der Waals surface area contributed by atoms with E-state index in [2.05, 4.69) is 10.1 Å². The third-order valence-corrected chi connectivity index (χ3v) is 3.52. The number of aliphatic hydroxyl groups is 1. The van der Waals surface area contributed by atoms with E-state index in [1.165, 1.54) is 5.56 Å². The minimum Gasteiger partial charge on any atom is -0.396 e. The number of thioether (sulfide) groups is 1. The van der Waals surface area contributed by atoms with Crippen LogP contribution in [0, 0.1) is 0 Å². The van der Waals surface area contributed by atoms with Gasteiger partial charge in [-0.15, -0.1) is 5.10 Å². The lowest BCUT2D eigenvalue weighted by molar-refractivity contribution is 0.276. The van der Waals surface area contributed by atoms with Gasteiger partial charge in [0.15, 0.2) is 0 Å². The summed E-state index contributed by atoms with van der Waals surface area (Å²) in [5.74, 6) is 0.821. The molecule has 1 aromatic heterocycles. The van der Waals surface area contributed by atoms with Gasteiger partial charge in [-0.05, 0) is 24.1 Å². The highest BCUT2D eigenvalue weighted by Crippen LogP contribution is 2.20. The van der Waals surface area contributed by atoms with Gasteiger partial charge in [0.05, 0.1) is 0 Å². The maximum Gasteiger partial charge on any atom is 0.208 e. The van der Waals surface area contributed by atoms with Gasteiger partial charge in [0.1, 0.15) is 6.33 Å². The van der Waals surface area contributed by atoms with E-state index in [1.54, 1.807) is 22.8 Å². The molecule has 2 rings (SSSR count). The topological polar surface area (TPSA) is 50.9 Å². The Morgan fingerprint density at radius 1 is 1.28 bits per heavy atom. The van der Waals surface area contributed by atoms with Gasteiger partial charge in [0.2, 0.25) is 5.16 Å². The summed E-state index contributed by atoms with van der Waals surface area (Å²) in [6.45, 7) is 0.873. The van der Waals surface area contributed by atoms with Gasteiger partial charge in [-0.25, -0.2) is 4.98 Å². The quantitative estimate of drug-likeness (QED) is 0.828. The van der Waals surface area contributed by atoms with Crippen LogP contribution in [0.2, 0.25) is 5.02 Å². The van der Waals surface area contributed by atoms with E-state index < -0.39 is 0 Å². The Morgan fingerprint density at radius 3 is 2.78 bits per heavy atom. The second-order valence-corrected chi connectivity index (χ2v) is 5.16. The molecule has 1 aromatic carbocycles. The van der Waals surface area contributed by atoms with Crippen LogP contribution >= 0.6 is 23.4 Å². The third kappa shape index (κ3) is 4.01. The number of hydrogen-bond acceptors (Lipinski definition) is 4. The Labute approximate surface area is 115 Å².